The molecule has 0 bridgehead atoms. The second kappa shape index (κ2) is 9.36. The molecule has 1 aromatic heterocycles. The predicted octanol–water partition coefficient (Wildman–Crippen LogP) is 3.58. The maximum absolute atomic E-state index is 12.7. The molecule has 0 radical (unpaired) electrons. The number of benzene rings is 2. The number of rotatable bonds is 6. The van der Waals surface area contributed by atoms with E-state index in [1.165, 1.54) is 5.56 Å². The molecule has 1 saturated carbocycles. The van der Waals surface area contributed by atoms with Gasteiger partial charge in [-0.2, -0.15) is 0 Å². The van der Waals surface area contributed by atoms with Gasteiger partial charge in [-0.15, -0.1) is 0 Å². The van der Waals surface area contributed by atoms with Crippen LogP contribution in [0, 0.1) is 12.8 Å². The molecule has 7 nitrogen and oxygen atoms in total. The molecule has 7 heteroatoms. The Labute approximate surface area is 187 Å². The summed E-state index contributed by atoms with van der Waals surface area (Å²) in [6.07, 6.45) is 2.23. The molecule has 1 fully saturated rings. The van der Waals surface area contributed by atoms with Crippen LogP contribution in [0.15, 0.2) is 54.6 Å². The van der Waals surface area contributed by atoms with E-state index in [-0.39, 0.29) is 11.9 Å². The second-order valence-corrected chi connectivity index (χ2v) is 8.44. The number of anilines is 1. The lowest BCUT2D eigenvalue weighted by atomic mass is 10.0. The van der Waals surface area contributed by atoms with Crippen LogP contribution in [0.5, 0.6) is 0 Å². The van der Waals surface area contributed by atoms with Crippen LogP contribution in [-0.2, 0) is 11.3 Å². The first-order valence-electron chi connectivity index (χ1n) is 10.9. The predicted molar refractivity (Wildman–Crippen MR) is 124 cm³/mol. The van der Waals surface area contributed by atoms with Crippen molar-refractivity contribution in [2.75, 3.05) is 11.9 Å². The van der Waals surface area contributed by atoms with Gasteiger partial charge in [0.15, 0.2) is 0 Å². The number of carbonyl (C=O) groups is 2. The fourth-order valence-electron chi connectivity index (χ4n) is 4.52. The summed E-state index contributed by atoms with van der Waals surface area (Å²) in [5.74, 6) is -1.05. The van der Waals surface area contributed by atoms with E-state index in [1.54, 1.807) is 17.6 Å². The zero-order valence-electron chi connectivity index (χ0n) is 18.3. The Morgan fingerprint density at radius 2 is 1.88 bits per heavy atom. The first-order chi connectivity index (χ1) is 15.5. The van der Waals surface area contributed by atoms with Gasteiger partial charge in [-0.3, -0.25) is 19.8 Å². The molecule has 1 aliphatic rings. The molecule has 0 saturated heterocycles. The molecule has 2 unspecified atom stereocenters. The number of aryl methyl sites for hydroxylation is 1. The number of carbonyl (C=O) groups excluding carboxylic acids is 2. The zero-order chi connectivity index (χ0) is 22.7. The standard InChI is InChI=1S/C25H28N4O3/c1-16-14-18(20-6-3-4-8-22(20)26-16)15-29(2)19-12-10-17(11-13-19)24(30)27-23-9-5-7-21(23)25(31)28-32/h3-4,6,8,10-14,21,23,32H,5,7,9,15H2,1-2H3,(H,27,30)(H,28,31). The fraction of sp³-hybridized carbons (Fsp3) is 0.320. The van der Waals surface area contributed by atoms with E-state index in [0.29, 0.717) is 12.0 Å². The third-order valence-electron chi connectivity index (χ3n) is 6.19. The fourth-order valence-corrected chi connectivity index (χ4v) is 4.52. The van der Waals surface area contributed by atoms with E-state index in [1.807, 2.05) is 44.3 Å². The molecule has 4 rings (SSSR count). The molecule has 0 aliphatic heterocycles. The highest BCUT2D eigenvalue weighted by Crippen LogP contribution is 2.26. The Balaban J connectivity index is 1.44. The quantitative estimate of drug-likeness (QED) is 0.409. The topological polar surface area (TPSA) is 94.6 Å². The first-order valence-corrected chi connectivity index (χ1v) is 10.9. The van der Waals surface area contributed by atoms with Gasteiger partial charge in [-0.05, 0) is 61.7 Å². The van der Waals surface area contributed by atoms with Crippen LogP contribution in [0.2, 0.25) is 0 Å². The zero-order valence-corrected chi connectivity index (χ0v) is 18.3. The minimum Gasteiger partial charge on any atom is -0.370 e. The van der Waals surface area contributed by atoms with Gasteiger partial charge in [0, 0.05) is 42.0 Å². The van der Waals surface area contributed by atoms with Crippen molar-refractivity contribution in [3.63, 3.8) is 0 Å². The normalized spacial score (nSPS) is 17.8. The van der Waals surface area contributed by atoms with Gasteiger partial charge in [-0.25, -0.2) is 5.48 Å². The smallest absolute Gasteiger partial charge is 0.251 e. The number of pyridine rings is 1. The monoisotopic (exact) mass is 432 g/mol. The number of nitrogens with one attached hydrogen (secondary N) is 2. The average molecular weight is 433 g/mol. The van der Waals surface area contributed by atoms with Gasteiger partial charge in [-0.1, -0.05) is 24.6 Å². The van der Waals surface area contributed by atoms with Crippen molar-refractivity contribution in [1.29, 1.82) is 0 Å². The molecule has 1 heterocycles. The number of amides is 2. The lowest BCUT2D eigenvalue weighted by Crippen LogP contribution is -2.43. The van der Waals surface area contributed by atoms with Crippen LogP contribution in [0.4, 0.5) is 5.69 Å². The Bertz CT molecular complexity index is 1130. The van der Waals surface area contributed by atoms with Gasteiger partial charge in [0.1, 0.15) is 0 Å². The van der Waals surface area contributed by atoms with Crippen molar-refractivity contribution < 1.29 is 14.8 Å². The van der Waals surface area contributed by atoms with E-state index in [0.717, 1.165) is 41.7 Å². The maximum Gasteiger partial charge on any atom is 0.251 e. The van der Waals surface area contributed by atoms with E-state index >= 15 is 0 Å². The Morgan fingerprint density at radius 3 is 2.62 bits per heavy atom. The molecule has 2 amide bonds. The van der Waals surface area contributed by atoms with Gasteiger partial charge in [0.05, 0.1) is 11.4 Å². The number of nitrogens with zero attached hydrogens (tertiary/aromatic N) is 2. The summed E-state index contributed by atoms with van der Waals surface area (Å²) in [5, 5.41) is 13.0. The highest BCUT2D eigenvalue weighted by Gasteiger charge is 2.34. The van der Waals surface area contributed by atoms with Crippen molar-refractivity contribution in [2.24, 2.45) is 5.92 Å². The summed E-state index contributed by atoms with van der Waals surface area (Å²) in [5.41, 5.74) is 6.42. The highest BCUT2D eigenvalue weighted by atomic mass is 16.5. The molecule has 3 N–H and O–H groups in total. The van der Waals surface area contributed by atoms with Gasteiger partial charge in [0.2, 0.25) is 5.91 Å². The van der Waals surface area contributed by atoms with Crippen LogP contribution in [0.25, 0.3) is 10.9 Å². The molecule has 3 aromatic rings. The van der Waals surface area contributed by atoms with Crippen molar-refractivity contribution in [2.45, 2.75) is 38.8 Å². The molecular weight excluding hydrogens is 404 g/mol. The molecule has 1 aliphatic carbocycles. The number of hydrogen-bond donors (Lipinski definition) is 3. The van der Waals surface area contributed by atoms with Gasteiger partial charge < -0.3 is 10.2 Å². The minimum absolute atomic E-state index is 0.211. The van der Waals surface area contributed by atoms with Crippen molar-refractivity contribution in [3.8, 4) is 0 Å². The van der Waals surface area contributed by atoms with Crippen LogP contribution in [0.1, 0.15) is 40.9 Å². The maximum atomic E-state index is 12.7. The molecule has 2 atom stereocenters. The first kappa shape index (κ1) is 21.8. The van der Waals surface area contributed by atoms with E-state index in [9.17, 15) is 9.59 Å². The number of hydrogen-bond acceptors (Lipinski definition) is 5. The third kappa shape index (κ3) is 4.57. The average Bonchev–Trinajstić information content (AvgIpc) is 3.26. The summed E-state index contributed by atoms with van der Waals surface area (Å²) >= 11 is 0. The second-order valence-electron chi connectivity index (χ2n) is 8.44. The van der Waals surface area contributed by atoms with Crippen molar-refractivity contribution >= 4 is 28.4 Å². The third-order valence-corrected chi connectivity index (χ3v) is 6.19. The lowest BCUT2D eigenvalue weighted by molar-refractivity contribution is -0.133. The minimum atomic E-state index is -0.441. The van der Waals surface area contributed by atoms with Crippen LogP contribution in [-0.4, -0.2) is 35.1 Å². The lowest BCUT2D eigenvalue weighted by Gasteiger charge is -2.22. The van der Waals surface area contributed by atoms with Gasteiger partial charge >= 0.3 is 0 Å². The highest BCUT2D eigenvalue weighted by molar-refractivity contribution is 5.95. The number of para-hydroxylation sites is 1. The van der Waals surface area contributed by atoms with Crippen LogP contribution >= 0.6 is 0 Å². The van der Waals surface area contributed by atoms with Crippen LogP contribution < -0.4 is 15.7 Å². The molecule has 32 heavy (non-hydrogen) atoms. The number of fused-ring (bicyclic) bond motifs is 1. The van der Waals surface area contributed by atoms with Crippen molar-refractivity contribution in [3.05, 3.63) is 71.4 Å². The summed E-state index contributed by atoms with van der Waals surface area (Å²) in [6.45, 7) is 2.72. The largest absolute Gasteiger partial charge is 0.370 e. The summed E-state index contributed by atoms with van der Waals surface area (Å²) < 4.78 is 0. The Morgan fingerprint density at radius 1 is 1.12 bits per heavy atom. The SMILES string of the molecule is Cc1cc(CN(C)c2ccc(C(=O)NC3CCCC3C(=O)NO)cc2)c2ccccc2n1. The summed E-state index contributed by atoms with van der Waals surface area (Å²) in [7, 11) is 2.02. The number of aromatic nitrogens is 1. The molecule has 2 aromatic carbocycles. The van der Waals surface area contributed by atoms with E-state index < -0.39 is 11.8 Å². The van der Waals surface area contributed by atoms with Crippen molar-refractivity contribution in [1.82, 2.24) is 15.8 Å². The Kier molecular flexibility index (Phi) is 6.37. The Hall–Kier alpha value is -3.45. The van der Waals surface area contributed by atoms with E-state index in [2.05, 4.69) is 27.3 Å². The summed E-state index contributed by atoms with van der Waals surface area (Å²) in [6, 6.07) is 17.4. The number of hydroxylamine groups is 1. The van der Waals surface area contributed by atoms with Crippen LogP contribution in [0.3, 0.4) is 0 Å². The van der Waals surface area contributed by atoms with E-state index in [4.69, 9.17) is 5.21 Å². The molecule has 0 spiro atoms. The summed E-state index contributed by atoms with van der Waals surface area (Å²) in [4.78, 5) is 31.2. The molecular formula is C25H28N4O3. The molecule has 166 valence electrons. The van der Waals surface area contributed by atoms with Gasteiger partial charge in [0.25, 0.3) is 5.91 Å².